The quantitative estimate of drug-likeness (QED) is 0.779. The average molecular weight is 232 g/mol. The fraction of sp³-hybridized carbons (Fsp3) is 0.0769. The van der Waals surface area contributed by atoms with E-state index in [2.05, 4.69) is 0 Å². The highest BCUT2D eigenvalue weighted by molar-refractivity contribution is 7.98. The Bertz CT molecular complexity index is 492. The summed E-state index contributed by atoms with van der Waals surface area (Å²) < 4.78 is 0. The van der Waals surface area contributed by atoms with Crippen molar-refractivity contribution in [3.63, 3.8) is 0 Å². The van der Waals surface area contributed by atoms with Crippen molar-refractivity contribution in [2.75, 3.05) is 6.26 Å². The Morgan fingerprint density at radius 1 is 0.875 bits per heavy atom. The Labute approximate surface area is 98.6 Å². The molecule has 16 heavy (non-hydrogen) atoms. The number of phenolic OH excluding ortho intramolecular Hbond substituents is 2. The molecule has 2 aromatic carbocycles. The molecule has 2 aromatic rings. The minimum atomic E-state index is 0.257. The fourth-order valence-electron chi connectivity index (χ4n) is 1.51. The van der Waals surface area contributed by atoms with E-state index in [0.29, 0.717) is 5.75 Å². The zero-order valence-corrected chi connectivity index (χ0v) is 9.66. The largest absolute Gasteiger partial charge is 0.508 e. The molecule has 0 unspecified atom stereocenters. The molecule has 2 nitrogen and oxygen atoms in total. The number of rotatable bonds is 2. The molecule has 0 radical (unpaired) electrons. The second-order valence-electron chi connectivity index (χ2n) is 3.43. The van der Waals surface area contributed by atoms with Gasteiger partial charge < -0.3 is 10.2 Å². The van der Waals surface area contributed by atoms with Gasteiger partial charge in [0.25, 0.3) is 0 Å². The third kappa shape index (κ3) is 2.14. The van der Waals surface area contributed by atoms with Crippen LogP contribution in [0, 0.1) is 0 Å². The number of thioether (sulfide) groups is 1. The maximum Gasteiger partial charge on any atom is 0.129 e. The lowest BCUT2D eigenvalue weighted by Crippen LogP contribution is -1.79. The fourth-order valence-corrected chi connectivity index (χ4v) is 2.03. The van der Waals surface area contributed by atoms with Gasteiger partial charge >= 0.3 is 0 Å². The van der Waals surface area contributed by atoms with Crippen LogP contribution < -0.4 is 0 Å². The third-order valence-electron chi connectivity index (χ3n) is 2.38. The minimum absolute atomic E-state index is 0.257. The lowest BCUT2D eigenvalue weighted by atomic mass is 10.1. The van der Waals surface area contributed by atoms with Gasteiger partial charge in [0, 0.05) is 4.90 Å². The molecule has 2 N–H and O–H groups in total. The number of hydrogen-bond acceptors (Lipinski definition) is 3. The van der Waals surface area contributed by atoms with Crippen LogP contribution in [0.15, 0.2) is 47.4 Å². The van der Waals surface area contributed by atoms with E-state index in [1.165, 1.54) is 11.8 Å². The lowest BCUT2D eigenvalue weighted by Gasteiger charge is -2.06. The summed E-state index contributed by atoms with van der Waals surface area (Å²) in [5.41, 5.74) is 2.05. The Hall–Kier alpha value is -1.61. The van der Waals surface area contributed by atoms with E-state index in [1.807, 2.05) is 30.5 Å². The summed E-state index contributed by atoms with van der Waals surface area (Å²) >= 11 is 1.51. The molecule has 0 aliphatic heterocycles. The molecule has 82 valence electrons. The zero-order chi connectivity index (χ0) is 11.5. The first-order valence-corrected chi connectivity index (χ1v) is 6.09. The Morgan fingerprint density at radius 2 is 1.50 bits per heavy atom. The summed E-state index contributed by atoms with van der Waals surface area (Å²) in [6, 6.07) is 12.5. The summed E-state index contributed by atoms with van der Waals surface area (Å²) in [7, 11) is 0. The van der Waals surface area contributed by atoms with Gasteiger partial charge in [-0.05, 0) is 41.6 Å². The summed E-state index contributed by atoms with van der Waals surface area (Å²) in [4.78, 5) is 0.852. The van der Waals surface area contributed by atoms with Crippen molar-refractivity contribution in [3.05, 3.63) is 42.5 Å². The molecule has 0 aromatic heterocycles. The summed E-state index contributed by atoms with van der Waals surface area (Å²) in [6.45, 7) is 0. The first kappa shape index (κ1) is 10.9. The molecule has 0 saturated heterocycles. The van der Waals surface area contributed by atoms with Crippen LogP contribution in [0.4, 0.5) is 0 Å². The van der Waals surface area contributed by atoms with E-state index in [0.717, 1.165) is 16.0 Å². The van der Waals surface area contributed by atoms with Crippen LogP contribution in [0.25, 0.3) is 11.1 Å². The Kier molecular flexibility index (Phi) is 3.06. The van der Waals surface area contributed by atoms with E-state index in [-0.39, 0.29) is 5.75 Å². The summed E-state index contributed by atoms with van der Waals surface area (Å²) in [6.07, 6.45) is 1.93. The number of aromatic hydroxyl groups is 2. The van der Waals surface area contributed by atoms with Gasteiger partial charge in [-0.2, -0.15) is 0 Å². The van der Waals surface area contributed by atoms with Crippen molar-refractivity contribution in [2.45, 2.75) is 4.90 Å². The molecule has 3 heteroatoms. The maximum absolute atomic E-state index is 9.57. The van der Waals surface area contributed by atoms with Gasteiger partial charge in [-0.25, -0.2) is 0 Å². The van der Waals surface area contributed by atoms with Gasteiger partial charge in [-0.3, -0.25) is 0 Å². The van der Waals surface area contributed by atoms with E-state index in [1.54, 1.807) is 18.2 Å². The second-order valence-corrected chi connectivity index (χ2v) is 4.28. The average Bonchev–Trinajstić information content (AvgIpc) is 2.31. The van der Waals surface area contributed by atoms with Crippen molar-refractivity contribution < 1.29 is 10.2 Å². The van der Waals surface area contributed by atoms with Gasteiger partial charge in [0.2, 0.25) is 0 Å². The predicted molar refractivity (Wildman–Crippen MR) is 67.0 cm³/mol. The van der Waals surface area contributed by atoms with Crippen LogP contribution in [0.5, 0.6) is 11.5 Å². The van der Waals surface area contributed by atoms with Gasteiger partial charge in [-0.15, -0.1) is 11.8 Å². The summed E-state index contributed by atoms with van der Waals surface area (Å²) in [5.74, 6) is 0.558. The molecule has 0 aliphatic carbocycles. The standard InChI is InChI=1S/C13H12O2S/c1-16-13-8-10(4-7-12(13)15)9-2-5-11(14)6-3-9/h2-8,14-15H,1H3. The predicted octanol–water partition coefficient (Wildman–Crippen LogP) is 3.49. The van der Waals surface area contributed by atoms with Gasteiger partial charge in [0.05, 0.1) is 0 Å². The van der Waals surface area contributed by atoms with E-state index < -0.39 is 0 Å². The molecule has 2 rings (SSSR count). The zero-order valence-electron chi connectivity index (χ0n) is 8.84. The molecule has 0 bridgehead atoms. The SMILES string of the molecule is CSc1cc(-c2ccc(O)cc2)ccc1O. The normalized spacial score (nSPS) is 10.3. The molecule has 0 aliphatic rings. The molecule has 0 fully saturated rings. The summed E-state index contributed by atoms with van der Waals surface area (Å²) in [5, 5.41) is 18.8. The number of hydrogen-bond donors (Lipinski definition) is 2. The maximum atomic E-state index is 9.57. The van der Waals surface area contributed by atoms with Gasteiger partial charge in [0.1, 0.15) is 11.5 Å². The van der Waals surface area contributed by atoms with Crippen molar-refractivity contribution in [1.29, 1.82) is 0 Å². The topological polar surface area (TPSA) is 40.5 Å². The van der Waals surface area contributed by atoms with E-state index in [9.17, 15) is 10.2 Å². The highest BCUT2D eigenvalue weighted by atomic mass is 32.2. The van der Waals surface area contributed by atoms with Crippen molar-refractivity contribution in [2.24, 2.45) is 0 Å². The van der Waals surface area contributed by atoms with Gasteiger partial charge in [-0.1, -0.05) is 18.2 Å². The molecule has 0 heterocycles. The monoisotopic (exact) mass is 232 g/mol. The van der Waals surface area contributed by atoms with E-state index in [4.69, 9.17) is 0 Å². The number of phenols is 2. The Balaban J connectivity index is 2.44. The van der Waals surface area contributed by atoms with E-state index >= 15 is 0 Å². The highest BCUT2D eigenvalue weighted by Crippen LogP contribution is 2.32. The molecule has 0 saturated carbocycles. The van der Waals surface area contributed by atoms with Crippen molar-refractivity contribution in [3.8, 4) is 22.6 Å². The highest BCUT2D eigenvalue weighted by Gasteiger charge is 2.03. The number of benzene rings is 2. The van der Waals surface area contributed by atoms with Crippen LogP contribution >= 0.6 is 11.8 Å². The van der Waals surface area contributed by atoms with Crippen LogP contribution in [0.1, 0.15) is 0 Å². The molecular formula is C13H12O2S. The van der Waals surface area contributed by atoms with Crippen LogP contribution in [-0.4, -0.2) is 16.5 Å². The van der Waals surface area contributed by atoms with Crippen LogP contribution in [0.2, 0.25) is 0 Å². The minimum Gasteiger partial charge on any atom is -0.508 e. The Morgan fingerprint density at radius 3 is 2.12 bits per heavy atom. The lowest BCUT2D eigenvalue weighted by molar-refractivity contribution is 0.462. The molecule has 0 atom stereocenters. The van der Waals surface area contributed by atoms with Crippen LogP contribution in [0.3, 0.4) is 0 Å². The smallest absolute Gasteiger partial charge is 0.129 e. The first-order valence-electron chi connectivity index (χ1n) is 4.87. The third-order valence-corrected chi connectivity index (χ3v) is 3.15. The van der Waals surface area contributed by atoms with Crippen molar-refractivity contribution in [1.82, 2.24) is 0 Å². The first-order chi connectivity index (χ1) is 7.70. The molecular weight excluding hydrogens is 220 g/mol. The molecule has 0 amide bonds. The van der Waals surface area contributed by atoms with Crippen molar-refractivity contribution >= 4 is 11.8 Å². The van der Waals surface area contributed by atoms with Gasteiger partial charge in [0.15, 0.2) is 0 Å². The second kappa shape index (κ2) is 4.49. The molecule has 0 spiro atoms. The van der Waals surface area contributed by atoms with Crippen LogP contribution in [-0.2, 0) is 0 Å².